The number of aliphatic carboxylic acids is 1. The Morgan fingerprint density at radius 1 is 1.50 bits per heavy atom. The number of hydrogen-bond donors (Lipinski definition) is 2. The van der Waals surface area contributed by atoms with Gasteiger partial charge in [-0.1, -0.05) is 30.9 Å². The minimum absolute atomic E-state index is 0.0896. The standard InChI is InChI=1S/C11H15NO4/c1-3-5-6-9(4-2)8-16-11(15)12-7-10(13)14/h3-6H,1,7-8H2,2H3,(H,12,15)(H,13,14)/b6-5-,9-4+. The molecule has 0 aliphatic rings. The summed E-state index contributed by atoms with van der Waals surface area (Å²) in [6, 6.07) is 0. The molecule has 0 saturated carbocycles. The number of nitrogens with one attached hydrogen (secondary N) is 1. The van der Waals surface area contributed by atoms with Gasteiger partial charge in [-0.2, -0.15) is 0 Å². The Morgan fingerprint density at radius 2 is 2.19 bits per heavy atom. The van der Waals surface area contributed by atoms with Gasteiger partial charge in [-0.25, -0.2) is 4.79 Å². The van der Waals surface area contributed by atoms with Crippen molar-refractivity contribution in [2.24, 2.45) is 0 Å². The first-order chi connectivity index (χ1) is 7.60. The van der Waals surface area contributed by atoms with Gasteiger partial charge in [0.25, 0.3) is 0 Å². The zero-order valence-electron chi connectivity index (χ0n) is 9.10. The van der Waals surface area contributed by atoms with Crippen LogP contribution in [-0.4, -0.2) is 30.3 Å². The fraction of sp³-hybridized carbons (Fsp3) is 0.273. The summed E-state index contributed by atoms with van der Waals surface area (Å²) >= 11 is 0. The quantitative estimate of drug-likeness (QED) is 0.671. The summed E-state index contributed by atoms with van der Waals surface area (Å²) in [5, 5.41) is 10.4. The number of carboxylic acids is 1. The lowest BCUT2D eigenvalue weighted by Gasteiger charge is -2.05. The highest BCUT2D eigenvalue weighted by atomic mass is 16.5. The molecule has 0 saturated heterocycles. The third kappa shape index (κ3) is 7.37. The number of carboxylic acid groups (broad SMARTS) is 1. The monoisotopic (exact) mass is 225 g/mol. The maximum atomic E-state index is 11.0. The van der Waals surface area contributed by atoms with Crippen molar-refractivity contribution in [1.29, 1.82) is 0 Å². The topological polar surface area (TPSA) is 75.6 Å². The van der Waals surface area contributed by atoms with Crippen LogP contribution in [0.5, 0.6) is 0 Å². The van der Waals surface area contributed by atoms with Gasteiger partial charge in [-0.3, -0.25) is 4.79 Å². The lowest BCUT2D eigenvalue weighted by atomic mass is 10.2. The number of hydrogen-bond acceptors (Lipinski definition) is 3. The summed E-state index contributed by atoms with van der Waals surface area (Å²) < 4.78 is 4.78. The number of carbonyl (C=O) groups excluding carboxylic acids is 1. The van der Waals surface area contributed by atoms with Gasteiger partial charge >= 0.3 is 12.1 Å². The van der Waals surface area contributed by atoms with E-state index < -0.39 is 18.6 Å². The molecule has 2 N–H and O–H groups in total. The molecular weight excluding hydrogens is 210 g/mol. The van der Waals surface area contributed by atoms with Crippen LogP contribution in [0.1, 0.15) is 6.92 Å². The van der Waals surface area contributed by atoms with Gasteiger partial charge in [0.1, 0.15) is 13.2 Å². The van der Waals surface area contributed by atoms with E-state index in [1.54, 1.807) is 31.2 Å². The van der Waals surface area contributed by atoms with Crippen LogP contribution in [0.3, 0.4) is 0 Å². The number of ether oxygens (including phenoxy) is 1. The van der Waals surface area contributed by atoms with Crippen LogP contribution in [-0.2, 0) is 9.53 Å². The molecule has 0 spiro atoms. The molecule has 0 aliphatic heterocycles. The Bertz CT molecular complexity index is 318. The van der Waals surface area contributed by atoms with Crippen molar-refractivity contribution < 1.29 is 19.4 Å². The second-order valence-electron chi connectivity index (χ2n) is 2.78. The smallest absolute Gasteiger partial charge is 0.407 e. The van der Waals surface area contributed by atoms with E-state index in [0.717, 1.165) is 5.57 Å². The number of alkyl carbamates (subject to hydrolysis) is 1. The van der Waals surface area contributed by atoms with Gasteiger partial charge in [0.15, 0.2) is 0 Å². The number of allylic oxidation sites excluding steroid dienone is 3. The summed E-state index contributed by atoms with van der Waals surface area (Å²) in [5.41, 5.74) is 0.797. The van der Waals surface area contributed by atoms with Crippen LogP contribution in [0.15, 0.2) is 36.5 Å². The molecule has 16 heavy (non-hydrogen) atoms. The molecule has 0 aliphatic carbocycles. The Hall–Kier alpha value is -2.04. The van der Waals surface area contributed by atoms with Crippen LogP contribution >= 0.6 is 0 Å². The summed E-state index contributed by atoms with van der Waals surface area (Å²) in [6.07, 6.45) is 6.10. The number of carbonyl (C=O) groups is 2. The molecular formula is C11H15NO4. The Morgan fingerprint density at radius 3 is 2.69 bits per heavy atom. The van der Waals surface area contributed by atoms with Gasteiger partial charge in [0, 0.05) is 0 Å². The van der Waals surface area contributed by atoms with E-state index >= 15 is 0 Å². The molecule has 0 rings (SSSR count). The molecule has 5 nitrogen and oxygen atoms in total. The highest BCUT2D eigenvalue weighted by Crippen LogP contribution is 1.98. The number of rotatable bonds is 6. The van der Waals surface area contributed by atoms with E-state index in [1.165, 1.54) is 0 Å². The van der Waals surface area contributed by atoms with Crippen molar-refractivity contribution in [2.45, 2.75) is 6.92 Å². The predicted molar refractivity (Wildman–Crippen MR) is 60.1 cm³/mol. The highest BCUT2D eigenvalue weighted by molar-refractivity contribution is 5.76. The second-order valence-corrected chi connectivity index (χ2v) is 2.78. The Balaban J connectivity index is 3.93. The molecule has 0 bridgehead atoms. The second kappa shape index (κ2) is 8.28. The van der Waals surface area contributed by atoms with Crippen molar-refractivity contribution in [3.63, 3.8) is 0 Å². The summed E-state index contributed by atoms with van der Waals surface area (Å²) in [7, 11) is 0. The number of amides is 1. The van der Waals surface area contributed by atoms with Crippen LogP contribution in [0.25, 0.3) is 0 Å². The minimum Gasteiger partial charge on any atom is -0.480 e. The van der Waals surface area contributed by atoms with Crippen molar-refractivity contribution in [3.8, 4) is 0 Å². The fourth-order valence-electron chi connectivity index (χ4n) is 0.767. The van der Waals surface area contributed by atoms with E-state index in [0.29, 0.717) is 0 Å². The molecule has 0 aromatic heterocycles. The normalized spacial score (nSPS) is 11.2. The molecule has 0 aromatic rings. The lowest BCUT2D eigenvalue weighted by Crippen LogP contribution is -2.30. The van der Waals surface area contributed by atoms with E-state index in [9.17, 15) is 9.59 Å². The first kappa shape index (κ1) is 14.0. The maximum Gasteiger partial charge on any atom is 0.407 e. The first-order valence-corrected chi connectivity index (χ1v) is 4.66. The van der Waals surface area contributed by atoms with E-state index in [1.807, 2.05) is 0 Å². The van der Waals surface area contributed by atoms with Crippen molar-refractivity contribution in [1.82, 2.24) is 5.32 Å². The molecule has 0 aromatic carbocycles. The molecule has 0 heterocycles. The molecule has 0 radical (unpaired) electrons. The van der Waals surface area contributed by atoms with Gasteiger partial charge in [-0.05, 0) is 12.5 Å². The van der Waals surface area contributed by atoms with E-state index in [4.69, 9.17) is 9.84 Å². The van der Waals surface area contributed by atoms with Crippen LogP contribution in [0, 0.1) is 0 Å². The van der Waals surface area contributed by atoms with Crippen molar-refractivity contribution >= 4 is 12.1 Å². The van der Waals surface area contributed by atoms with Gasteiger partial charge in [0.05, 0.1) is 0 Å². The van der Waals surface area contributed by atoms with Crippen molar-refractivity contribution in [3.05, 3.63) is 36.5 Å². The predicted octanol–water partition coefficient (Wildman–Crippen LogP) is 1.49. The highest BCUT2D eigenvalue weighted by Gasteiger charge is 2.04. The fourth-order valence-corrected chi connectivity index (χ4v) is 0.767. The Kier molecular flexibility index (Phi) is 7.23. The van der Waals surface area contributed by atoms with Crippen LogP contribution in [0.4, 0.5) is 4.79 Å². The van der Waals surface area contributed by atoms with E-state index in [2.05, 4.69) is 11.9 Å². The average Bonchev–Trinajstić information content (AvgIpc) is 2.26. The molecule has 0 fully saturated rings. The van der Waals surface area contributed by atoms with Gasteiger partial charge in [0.2, 0.25) is 0 Å². The van der Waals surface area contributed by atoms with Gasteiger partial charge < -0.3 is 15.2 Å². The molecule has 88 valence electrons. The summed E-state index contributed by atoms with van der Waals surface area (Å²) in [5.74, 6) is -1.12. The molecule has 0 atom stereocenters. The van der Waals surface area contributed by atoms with Crippen LogP contribution < -0.4 is 5.32 Å². The average molecular weight is 225 g/mol. The lowest BCUT2D eigenvalue weighted by molar-refractivity contribution is -0.135. The third-order valence-corrected chi connectivity index (χ3v) is 1.57. The zero-order valence-corrected chi connectivity index (χ0v) is 9.10. The van der Waals surface area contributed by atoms with E-state index in [-0.39, 0.29) is 6.61 Å². The zero-order chi connectivity index (χ0) is 12.4. The summed E-state index contributed by atoms with van der Waals surface area (Å²) in [4.78, 5) is 21.1. The molecule has 0 unspecified atom stereocenters. The largest absolute Gasteiger partial charge is 0.480 e. The Labute approximate surface area is 94.1 Å². The maximum absolute atomic E-state index is 11.0. The van der Waals surface area contributed by atoms with Crippen LogP contribution in [0.2, 0.25) is 0 Å². The van der Waals surface area contributed by atoms with Gasteiger partial charge in [-0.15, -0.1) is 0 Å². The third-order valence-electron chi connectivity index (χ3n) is 1.57. The first-order valence-electron chi connectivity index (χ1n) is 4.66. The molecule has 5 heteroatoms. The minimum atomic E-state index is -1.12. The van der Waals surface area contributed by atoms with Crippen molar-refractivity contribution in [2.75, 3.05) is 13.2 Å². The molecule has 1 amide bonds. The SMILES string of the molecule is C=C/C=C\C(=C/C)COC(=O)NCC(=O)O. The summed E-state index contributed by atoms with van der Waals surface area (Å²) in [6.45, 7) is 4.96.